The van der Waals surface area contributed by atoms with Crippen LogP contribution in [-0.4, -0.2) is 26.9 Å². The molecular weight excluding hydrogens is 387 g/mol. The summed E-state index contributed by atoms with van der Waals surface area (Å²) in [7, 11) is -4.11. The second-order valence-corrected chi connectivity index (χ2v) is 8.04. The van der Waals surface area contributed by atoms with Crippen LogP contribution in [0, 0.1) is 5.82 Å². The first-order valence-corrected chi connectivity index (χ1v) is 10.2. The summed E-state index contributed by atoms with van der Waals surface area (Å²) in [5, 5.41) is 7.78. The Kier molecular flexibility index (Phi) is 5.76. The van der Waals surface area contributed by atoms with E-state index in [1.807, 2.05) is 24.3 Å². The number of halogens is 1. The molecule has 0 saturated heterocycles. The van der Waals surface area contributed by atoms with Crippen molar-refractivity contribution in [3.8, 4) is 0 Å². The summed E-state index contributed by atoms with van der Waals surface area (Å²) < 4.78 is 41.4. The monoisotopic (exact) mass is 406 g/mol. The number of hydrogen-bond acceptors (Lipinski definition) is 5. The minimum atomic E-state index is -4.11. The number of nitrogens with two attached hydrogens (primary N) is 1. The molecule has 1 aliphatic rings. The van der Waals surface area contributed by atoms with Gasteiger partial charge in [-0.1, -0.05) is 24.3 Å². The molecule has 7 nitrogen and oxygen atoms in total. The molecule has 0 aromatic heterocycles. The standard InChI is InChI=1S/C19H19FN2O5S/c20-16-9-8-13(28(21,25)26)10-15(16)19(24)27-11-18(23)22-17-7-3-5-12-4-1-2-6-14(12)17/h1-2,4,6,8-10,17H,3,5,7,11H2,(H,22,23)(H2,21,25,26)/t17-/m0/s1. The number of nitrogens with one attached hydrogen (secondary N) is 1. The Hall–Kier alpha value is -2.78. The van der Waals surface area contributed by atoms with Crippen LogP contribution in [0.2, 0.25) is 0 Å². The third-order valence-corrected chi connectivity index (χ3v) is 5.44. The van der Waals surface area contributed by atoms with Crippen molar-refractivity contribution in [1.29, 1.82) is 0 Å². The first kappa shape index (κ1) is 20.0. The van der Waals surface area contributed by atoms with Crippen molar-refractivity contribution in [1.82, 2.24) is 5.32 Å². The van der Waals surface area contributed by atoms with Crippen LogP contribution in [0.1, 0.15) is 40.4 Å². The van der Waals surface area contributed by atoms with E-state index in [0.717, 1.165) is 48.6 Å². The van der Waals surface area contributed by atoms with E-state index in [1.165, 1.54) is 0 Å². The molecular formula is C19H19FN2O5S. The molecule has 0 saturated carbocycles. The maximum atomic E-state index is 13.8. The Morgan fingerprint density at radius 1 is 1.21 bits per heavy atom. The fourth-order valence-electron chi connectivity index (χ4n) is 3.19. The van der Waals surface area contributed by atoms with Crippen molar-refractivity contribution in [2.75, 3.05) is 6.61 Å². The smallest absolute Gasteiger partial charge is 0.341 e. The van der Waals surface area contributed by atoms with Crippen LogP contribution in [-0.2, 0) is 26.0 Å². The van der Waals surface area contributed by atoms with Crippen molar-refractivity contribution >= 4 is 21.9 Å². The number of hydrogen-bond donors (Lipinski definition) is 2. The zero-order valence-corrected chi connectivity index (χ0v) is 15.7. The van der Waals surface area contributed by atoms with Gasteiger partial charge in [-0.15, -0.1) is 0 Å². The minimum Gasteiger partial charge on any atom is -0.452 e. The van der Waals surface area contributed by atoms with Crippen molar-refractivity contribution < 1.29 is 27.1 Å². The molecule has 0 fully saturated rings. The largest absolute Gasteiger partial charge is 0.452 e. The molecule has 0 heterocycles. The summed E-state index contributed by atoms with van der Waals surface area (Å²) >= 11 is 0. The van der Waals surface area contributed by atoms with Gasteiger partial charge in [-0.05, 0) is 48.6 Å². The van der Waals surface area contributed by atoms with Gasteiger partial charge in [-0.3, -0.25) is 4.79 Å². The van der Waals surface area contributed by atoms with Gasteiger partial charge < -0.3 is 10.1 Å². The lowest BCUT2D eigenvalue weighted by molar-refractivity contribution is -0.125. The van der Waals surface area contributed by atoms with Crippen LogP contribution in [0.25, 0.3) is 0 Å². The van der Waals surface area contributed by atoms with E-state index in [0.29, 0.717) is 0 Å². The molecule has 2 aromatic carbocycles. The molecule has 0 bridgehead atoms. The van der Waals surface area contributed by atoms with E-state index in [1.54, 1.807) is 0 Å². The number of carbonyl (C=O) groups is 2. The molecule has 148 valence electrons. The number of amides is 1. The highest BCUT2D eigenvalue weighted by molar-refractivity contribution is 7.89. The molecule has 0 unspecified atom stereocenters. The fourth-order valence-corrected chi connectivity index (χ4v) is 3.73. The number of benzene rings is 2. The Morgan fingerprint density at radius 3 is 2.71 bits per heavy atom. The topological polar surface area (TPSA) is 116 Å². The lowest BCUT2D eigenvalue weighted by Crippen LogP contribution is -2.34. The second-order valence-electron chi connectivity index (χ2n) is 6.47. The Labute approximate surface area is 161 Å². The normalized spacial score (nSPS) is 16.1. The lowest BCUT2D eigenvalue weighted by atomic mass is 9.88. The van der Waals surface area contributed by atoms with Crippen molar-refractivity contribution in [3.05, 3.63) is 65.0 Å². The summed E-state index contributed by atoms with van der Waals surface area (Å²) in [6.07, 6.45) is 2.63. The third-order valence-electron chi connectivity index (χ3n) is 4.53. The van der Waals surface area contributed by atoms with Crippen molar-refractivity contribution in [3.63, 3.8) is 0 Å². The van der Waals surface area contributed by atoms with E-state index < -0.39 is 44.8 Å². The van der Waals surface area contributed by atoms with E-state index in [4.69, 9.17) is 9.88 Å². The van der Waals surface area contributed by atoms with E-state index in [2.05, 4.69) is 5.32 Å². The van der Waals surface area contributed by atoms with Gasteiger partial charge in [0.1, 0.15) is 5.82 Å². The molecule has 0 aliphatic heterocycles. The average molecular weight is 406 g/mol. The predicted molar refractivity (Wildman–Crippen MR) is 98.3 cm³/mol. The van der Waals surface area contributed by atoms with Gasteiger partial charge in [-0.2, -0.15) is 0 Å². The number of ether oxygens (including phenoxy) is 1. The van der Waals surface area contributed by atoms with Crippen LogP contribution in [0.15, 0.2) is 47.4 Å². The highest BCUT2D eigenvalue weighted by atomic mass is 32.2. The van der Waals surface area contributed by atoms with Crippen LogP contribution in [0.3, 0.4) is 0 Å². The zero-order valence-electron chi connectivity index (χ0n) is 14.9. The fraction of sp³-hybridized carbons (Fsp3) is 0.263. The zero-order chi connectivity index (χ0) is 20.3. The number of carbonyl (C=O) groups excluding carboxylic acids is 2. The van der Waals surface area contributed by atoms with Crippen LogP contribution >= 0.6 is 0 Å². The molecule has 1 aliphatic carbocycles. The van der Waals surface area contributed by atoms with Crippen LogP contribution < -0.4 is 10.5 Å². The van der Waals surface area contributed by atoms with Gasteiger partial charge in [0.15, 0.2) is 6.61 Å². The first-order chi connectivity index (χ1) is 13.3. The van der Waals surface area contributed by atoms with E-state index in [-0.39, 0.29) is 6.04 Å². The SMILES string of the molecule is NS(=O)(=O)c1ccc(F)c(C(=O)OCC(=O)N[C@H]2CCCc3ccccc32)c1. The van der Waals surface area contributed by atoms with Crippen LogP contribution in [0.5, 0.6) is 0 Å². The molecule has 3 N–H and O–H groups in total. The van der Waals surface area contributed by atoms with Crippen molar-refractivity contribution in [2.24, 2.45) is 5.14 Å². The van der Waals surface area contributed by atoms with Gasteiger partial charge in [0, 0.05) is 0 Å². The number of sulfonamides is 1. The Morgan fingerprint density at radius 2 is 1.96 bits per heavy atom. The summed E-state index contributed by atoms with van der Waals surface area (Å²) in [6.45, 7) is -0.615. The molecule has 3 rings (SSSR count). The number of esters is 1. The van der Waals surface area contributed by atoms with E-state index in [9.17, 15) is 22.4 Å². The van der Waals surface area contributed by atoms with Gasteiger partial charge in [0.05, 0.1) is 16.5 Å². The van der Waals surface area contributed by atoms with Gasteiger partial charge in [0.25, 0.3) is 5.91 Å². The minimum absolute atomic E-state index is 0.182. The first-order valence-electron chi connectivity index (χ1n) is 8.62. The van der Waals surface area contributed by atoms with Gasteiger partial charge in [-0.25, -0.2) is 22.7 Å². The van der Waals surface area contributed by atoms with Gasteiger partial charge >= 0.3 is 5.97 Å². The maximum absolute atomic E-state index is 13.8. The lowest BCUT2D eigenvalue weighted by Gasteiger charge is -2.26. The molecule has 1 amide bonds. The maximum Gasteiger partial charge on any atom is 0.341 e. The molecule has 9 heteroatoms. The number of fused-ring (bicyclic) bond motifs is 1. The van der Waals surface area contributed by atoms with E-state index >= 15 is 0 Å². The highest BCUT2D eigenvalue weighted by Crippen LogP contribution is 2.29. The summed E-state index contributed by atoms with van der Waals surface area (Å²) in [4.78, 5) is 23.8. The quantitative estimate of drug-likeness (QED) is 0.735. The molecule has 0 radical (unpaired) electrons. The Bertz CT molecular complexity index is 1020. The third kappa shape index (κ3) is 4.55. The summed E-state index contributed by atoms with van der Waals surface area (Å²) in [5.74, 6) is -2.65. The predicted octanol–water partition coefficient (Wildman–Crippen LogP) is 1.82. The molecule has 2 aromatic rings. The number of aryl methyl sites for hydroxylation is 1. The molecule has 0 spiro atoms. The highest BCUT2D eigenvalue weighted by Gasteiger charge is 2.23. The second kappa shape index (κ2) is 8.07. The number of rotatable bonds is 5. The van der Waals surface area contributed by atoms with Crippen LogP contribution in [0.4, 0.5) is 4.39 Å². The van der Waals surface area contributed by atoms with Gasteiger partial charge in [0.2, 0.25) is 10.0 Å². The summed E-state index contributed by atoms with van der Waals surface area (Å²) in [6, 6.07) is 10.1. The molecule has 28 heavy (non-hydrogen) atoms. The Balaban J connectivity index is 1.64. The number of primary sulfonamides is 1. The molecule has 1 atom stereocenters. The summed E-state index contributed by atoms with van der Waals surface area (Å²) in [5.41, 5.74) is 1.58. The average Bonchev–Trinajstić information content (AvgIpc) is 2.66. The van der Waals surface area contributed by atoms with Crippen molar-refractivity contribution in [2.45, 2.75) is 30.2 Å².